The highest BCUT2D eigenvalue weighted by Gasteiger charge is 2.56. The third-order valence-electron chi connectivity index (χ3n) is 10.8. The summed E-state index contributed by atoms with van der Waals surface area (Å²) in [4.78, 5) is 105. The minimum Gasteiger partial charge on any atom is -0.467 e. The zero-order valence-corrected chi connectivity index (χ0v) is 42.3. The van der Waals surface area contributed by atoms with Crippen LogP contribution in [0.2, 0.25) is 0 Å². The number of fused-ring (bicyclic) bond motifs is 3. The van der Waals surface area contributed by atoms with Crippen LogP contribution in [0.25, 0.3) is 10.8 Å². The first kappa shape index (κ1) is 56.0. The number of anilines is 1. The quantitative estimate of drug-likeness (QED) is 0.0610. The minimum atomic E-state index is -1.66. The van der Waals surface area contributed by atoms with E-state index in [0.717, 1.165) is 38.8 Å². The number of likely N-dealkylation sites (N-methyl/N-ethyl adjacent to an activating group) is 1. The molecule has 22 nitrogen and oxygen atoms in total. The van der Waals surface area contributed by atoms with Crippen molar-refractivity contribution in [3.05, 3.63) is 65.7 Å². The van der Waals surface area contributed by atoms with Crippen molar-refractivity contribution in [1.82, 2.24) is 9.80 Å². The zero-order valence-electron chi connectivity index (χ0n) is 41.5. The maximum absolute atomic E-state index is 14.1. The van der Waals surface area contributed by atoms with Crippen molar-refractivity contribution in [2.24, 2.45) is 0 Å². The molecule has 0 unspecified atom stereocenters. The molecule has 72 heavy (non-hydrogen) atoms. The first-order valence-electron chi connectivity index (χ1n) is 22.8. The van der Waals surface area contributed by atoms with Crippen LogP contribution in [0.15, 0.2) is 54.6 Å². The predicted molar refractivity (Wildman–Crippen MR) is 253 cm³/mol. The number of methoxy groups -OCH3 is 1. The summed E-state index contributed by atoms with van der Waals surface area (Å²) >= 11 is 6.43. The van der Waals surface area contributed by atoms with Crippen molar-refractivity contribution in [2.75, 3.05) is 70.9 Å². The third kappa shape index (κ3) is 15.3. The number of nitrogens with zero attached hydrogens (tertiary/aromatic N) is 3. The third-order valence-corrected chi connectivity index (χ3v) is 11.2. The SMILES string of the molecule is COC(=O)[C@H]1O[C@@H](Oc2ccc(COC(=O)N(C)CCN(CCOCCOC(C)=O)C(=O)Oc3cc4c(c5ccccc35)[C@H](CCl)CN4C(=O)OC(C)(C)C)cc2)[C@H](OC(C)=O)[C@@H](OC(C)=O)[C@@H]1OC(C)=O. The normalized spacial score (nSPS) is 19.2. The van der Waals surface area contributed by atoms with Gasteiger partial charge in [0.15, 0.2) is 18.3 Å². The average Bonchev–Trinajstić information content (AvgIpc) is 3.70. The number of carbonyl (C=O) groups excluding carboxylic acids is 8. The summed E-state index contributed by atoms with van der Waals surface area (Å²) in [5, 5.41) is 1.34. The summed E-state index contributed by atoms with van der Waals surface area (Å²) in [7, 11) is 2.54. The molecule has 5 rings (SSSR count). The molecular formula is C49H60ClN3O19. The number of amides is 3. The molecule has 2 heterocycles. The number of ether oxygens (including phenoxy) is 11. The van der Waals surface area contributed by atoms with Crippen molar-refractivity contribution in [3.8, 4) is 11.5 Å². The molecule has 0 spiro atoms. The Labute approximate surface area is 420 Å². The summed E-state index contributed by atoms with van der Waals surface area (Å²) in [6.07, 6.45) is -9.99. The van der Waals surface area contributed by atoms with Crippen LogP contribution in [0.4, 0.5) is 20.1 Å². The van der Waals surface area contributed by atoms with Crippen LogP contribution in [0.1, 0.15) is 65.5 Å². The lowest BCUT2D eigenvalue weighted by Crippen LogP contribution is -2.64. The van der Waals surface area contributed by atoms with Crippen molar-refractivity contribution in [1.29, 1.82) is 0 Å². The van der Waals surface area contributed by atoms with E-state index in [4.69, 9.17) is 63.7 Å². The molecule has 6 atom stereocenters. The summed E-state index contributed by atoms with van der Waals surface area (Å²) in [6.45, 7) is 9.85. The Balaban J connectivity index is 1.27. The van der Waals surface area contributed by atoms with Crippen LogP contribution in [0, 0.1) is 0 Å². The summed E-state index contributed by atoms with van der Waals surface area (Å²) in [5.74, 6) is -3.71. The van der Waals surface area contributed by atoms with Gasteiger partial charge in [-0.1, -0.05) is 36.4 Å². The molecule has 1 saturated heterocycles. The number of rotatable bonds is 19. The Morgan fingerprint density at radius 2 is 1.39 bits per heavy atom. The average molecular weight is 1030 g/mol. The Kier molecular flexibility index (Phi) is 19.8. The molecule has 0 radical (unpaired) electrons. The number of hydrogen-bond donors (Lipinski definition) is 0. The molecule has 2 aliphatic rings. The molecule has 3 aromatic rings. The molecular weight excluding hydrogens is 970 g/mol. The van der Waals surface area contributed by atoms with E-state index in [1.54, 1.807) is 51.1 Å². The fourth-order valence-corrected chi connectivity index (χ4v) is 7.93. The monoisotopic (exact) mass is 1030 g/mol. The number of benzene rings is 3. The van der Waals surface area contributed by atoms with Crippen molar-refractivity contribution < 1.29 is 90.5 Å². The van der Waals surface area contributed by atoms with Gasteiger partial charge in [-0.25, -0.2) is 19.2 Å². The number of alkyl halides is 1. The second-order valence-corrected chi connectivity index (χ2v) is 17.8. The van der Waals surface area contributed by atoms with Crippen molar-refractivity contribution >= 4 is 76.2 Å². The Morgan fingerprint density at radius 1 is 0.750 bits per heavy atom. The molecule has 1 fully saturated rings. The van der Waals surface area contributed by atoms with E-state index in [9.17, 15) is 38.4 Å². The van der Waals surface area contributed by atoms with Crippen LogP contribution >= 0.6 is 11.6 Å². The van der Waals surface area contributed by atoms with Gasteiger partial charge in [-0.05, 0) is 49.4 Å². The van der Waals surface area contributed by atoms with Crippen LogP contribution in [-0.2, 0) is 73.2 Å². The van der Waals surface area contributed by atoms with Gasteiger partial charge in [0.05, 0.1) is 26.0 Å². The molecule has 2 aliphatic heterocycles. The van der Waals surface area contributed by atoms with E-state index in [2.05, 4.69) is 0 Å². The van der Waals surface area contributed by atoms with Crippen molar-refractivity contribution in [3.63, 3.8) is 0 Å². The van der Waals surface area contributed by atoms with Gasteiger partial charge in [0.2, 0.25) is 12.4 Å². The van der Waals surface area contributed by atoms with E-state index >= 15 is 0 Å². The molecule has 0 bridgehead atoms. The molecule has 0 saturated carbocycles. The molecule has 23 heteroatoms. The number of halogens is 1. The summed E-state index contributed by atoms with van der Waals surface area (Å²) in [5.41, 5.74) is 1.04. The Hall–Kier alpha value is -6.91. The lowest BCUT2D eigenvalue weighted by atomic mass is 9.95. The molecule has 392 valence electrons. The molecule has 3 amide bonds. The van der Waals surface area contributed by atoms with E-state index < -0.39 is 84.4 Å². The highest BCUT2D eigenvalue weighted by molar-refractivity contribution is 6.19. The van der Waals surface area contributed by atoms with Gasteiger partial charge in [-0.15, -0.1) is 11.6 Å². The smallest absolute Gasteiger partial charge is 0.415 e. The van der Waals surface area contributed by atoms with Gasteiger partial charge in [0.25, 0.3) is 0 Å². The lowest BCUT2D eigenvalue weighted by Gasteiger charge is -2.43. The highest BCUT2D eigenvalue weighted by atomic mass is 35.5. The number of carbonyl (C=O) groups is 8. The van der Waals surface area contributed by atoms with Gasteiger partial charge >= 0.3 is 48.1 Å². The van der Waals surface area contributed by atoms with Gasteiger partial charge in [0, 0.05) is 84.2 Å². The van der Waals surface area contributed by atoms with E-state index in [1.807, 2.05) is 12.1 Å². The minimum absolute atomic E-state index is 0.00306. The first-order valence-corrected chi connectivity index (χ1v) is 23.3. The molecule has 0 N–H and O–H groups in total. The first-order chi connectivity index (χ1) is 34.1. The largest absolute Gasteiger partial charge is 0.467 e. The molecule has 0 aromatic heterocycles. The number of esters is 5. The number of hydrogen-bond acceptors (Lipinski definition) is 19. The van der Waals surface area contributed by atoms with E-state index in [1.165, 1.54) is 40.8 Å². The van der Waals surface area contributed by atoms with Crippen LogP contribution in [0.3, 0.4) is 0 Å². The van der Waals surface area contributed by atoms with Gasteiger partial charge < -0.3 is 61.9 Å². The predicted octanol–water partition coefficient (Wildman–Crippen LogP) is 5.64. The topological polar surface area (TPSA) is 248 Å². The maximum Gasteiger partial charge on any atom is 0.415 e. The highest BCUT2D eigenvalue weighted by Crippen LogP contribution is 2.46. The van der Waals surface area contributed by atoms with E-state index in [-0.39, 0.29) is 75.9 Å². The summed E-state index contributed by atoms with van der Waals surface area (Å²) < 4.78 is 60.6. The maximum atomic E-state index is 14.1. The zero-order chi connectivity index (χ0) is 52.9. The fourth-order valence-electron chi connectivity index (χ4n) is 7.68. The second-order valence-electron chi connectivity index (χ2n) is 17.5. The van der Waals surface area contributed by atoms with Gasteiger partial charge in [0.1, 0.15) is 30.3 Å². The lowest BCUT2D eigenvalue weighted by molar-refractivity contribution is -0.282. The summed E-state index contributed by atoms with van der Waals surface area (Å²) in [6, 6.07) is 15.0. The van der Waals surface area contributed by atoms with Crippen LogP contribution in [0.5, 0.6) is 11.5 Å². The van der Waals surface area contributed by atoms with Crippen molar-refractivity contribution in [2.45, 2.75) is 97.3 Å². The Morgan fingerprint density at radius 3 is 2.00 bits per heavy atom. The standard InChI is InChI=1S/C49H60ClN3O19/c1-28(54)64-23-22-63-21-20-52(47(60)70-38-24-37-39(36-13-11-10-12-35(36)38)33(25-50)26-53(37)48(61)72-49(5,6)7)19-18-51(8)46(59)65-27-32-14-16-34(17-15-32)69-45-43(68-31(4)57)41(67-30(3)56)40(66-29(2)55)42(71-45)44(58)62-9/h10-17,24,33,40-43,45H,18-23,25-27H2,1-9H3/t33-,40+,41+,42+,43-,45-/m1/s1. The van der Waals surface area contributed by atoms with Gasteiger partial charge in [-0.3, -0.25) is 24.1 Å². The molecule has 0 aliphatic carbocycles. The van der Waals surface area contributed by atoms with Crippen LogP contribution in [-0.4, -0.2) is 160 Å². The fraction of sp³-hybridized carbons (Fsp3) is 0.510. The molecule has 3 aromatic carbocycles. The second kappa shape index (κ2) is 25.5. The Bertz CT molecular complexity index is 2450. The van der Waals surface area contributed by atoms with E-state index in [0.29, 0.717) is 16.6 Å². The van der Waals surface area contributed by atoms with Crippen LogP contribution < -0.4 is 14.4 Å². The van der Waals surface area contributed by atoms with Gasteiger partial charge in [-0.2, -0.15) is 0 Å².